The van der Waals surface area contributed by atoms with E-state index >= 15 is 0 Å². The molecule has 0 fully saturated rings. The van der Waals surface area contributed by atoms with Crippen LogP contribution in [0.1, 0.15) is 36.6 Å². The molecule has 5 nitrogen and oxygen atoms in total. The monoisotopic (exact) mass is 372 g/mol. The molecule has 26 heavy (non-hydrogen) atoms. The van der Waals surface area contributed by atoms with Crippen LogP contribution in [0.2, 0.25) is 0 Å². The Balaban J connectivity index is 2.07. The smallest absolute Gasteiger partial charge is 0.246 e. The van der Waals surface area contributed by atoms with Gasteiger partial charge in [0.2, 0.25) is 15.9 Å². The molecule has 0 bridgehead atoms. The van der Waals surface area contributed by atoms with Gasteiger partial charge in [0.05, 0.1) is 10.9 Å². The highest BCUT2D eigenvalue weighted by Crippen LogP contribution is 2.21. The summed E-state index contributed by atoms with van der Waals surface area (Å²) in [6.45, 7) is 3.98. The highest BCUT2D eigenvalue weighted by atomic mass is 32.2. The van der Waals surface area contributed by atoms with E-state index in [0.29, 0.717) is 0 Å². The van der Waals surface area contributed by atoms with Gasteiger partial charge in [0.1, 0.15) is 0 Å². The molecule has 0 radical (unpaired) electrons. The van der Waals surface area contributed by atoms with Crippen LogP contribution in [0, 0.1) is 0 Å². The second-order valence-corrected chi connectivity index (χ2v) is 7.73. The molecule has 0 heterocycles. The first-order chi connectivity index (χ1) is 12.2. The lowest BCUT2D eigenvalue weighted by molar-refractivity contribution is -0.126. The quantitative estimate of drug-likeness (QED) is 0.791. The van der Waals surface area contributed by atoms with Crippen molar-refractivity contribution in [3.05, 3.63) is 71.3 Å². The van der Waals surface area contributed by atoms with Crippen molar-refractivity contribution >= 4 is 22.0 Å². The number of amides is 1. The van der Waals surface area contributed by atoms with Crippen molar-refractivity contribution in [2.24, 2.45) is 5.14 Å². The lowest BCUT2D eigenvalue weighted by atomic mass is 10.1. The van der Waals surface area contributed by atoms with E-state index in [9.17, 15) is 13.2 Å². The van der Waals surface area contributed by atoms with Crippen molar-refractivity contribution in [3.63, 3.8) is 0 Å². The van der Waals surface area contributed by atoms with E-state index in [2.05, 4.69) is 6.92 Å². The van der Waals surface area contributed by atoms with Crippen molar-refractivity contribution in [3.8, 4) is 0 Å². The fourth-order valence-electron chi connectivity index (χ4n) is 2.50. The predicted octanol–water partition coefficient (Wildman–Crippen LogP) is 3.13. The number of nitrogens with two attached hydrogens (primary N) is 1. The molecule has 0 saturated heterocycles. The number of carbonyl (C=O) groups is 1. The first kappa shape index (κ1) is 19.9. The molecule has 6 heteroatoms. The summed E-state index contributed by atoms with van der Waals surface area (Å²) in [7, 11) is -2.00. The number of sulfonamides is 1. The summed E-state index contributed by atoms with van der Waals surface area (Å²) in [5.41, 5.74) is 3.05. The Morgan fingerprint density at radius 3 is 2.19 bits per heavy atom. The van der Waals surface area contributed by atoms with Gasteiger partial charge in [-0.15, -0.1) is 0 Å². The minimum absolute atomic E-state index is 0.0536. The number of carbonyl (C=O) groups excluding carboxylic acids is 1. The SMILES string of the molecule is CCc1ccc(C=CC(=O)N(C)C(C)c2ccc(S(N)(=O)=O)cc2)cc1. The predicted molar refractivity (Wildman–Crippen MR) is 104 cm³/mol. The van der Waals surface area contributed by atoms with Gasteiger partial charge >= 0.3 is 0 Å². The van der Waals surface area contributed by atoms with Crippen LogP contribution in [0.4, 0.5) is 0 Å². The highest BCUT2D eigenvalue weighted by molar-refractivity contribution is 7.89. The topological polar surface area (TPSA) is 80.5 Å². The zero-order valence-corrected chi connectivity index (χ0v) is 16.0. The van der Waals surface area contributed by atoms with Gasteiger partial charge in [-0.2, -0.15) is 0 Å². The number of hydrogen-bond donors (Lipinski definition) is 1. The zero-order chi connectivity index (χ0) is 19.3. The van der Waals surface area contributed by atoms with Gasteiger partial charge in [0, 0.05) is 13.1 Å². The van der Waals surface area contributed by atoms with Gasteiger partial charge < -0.3 is 4.90 Å². The first-order valence-electron chi connectivity index (χ1n) is 8.39. The molecule has 2 aromatic rings. The van der Waals surface area contributed by atoms with E-state index in [1.165, 1.54) is 23.8 Å². The van der Waals surface area contributed by atoms with Gasteiger partial charge in [0.25, 0.3) is 0 Å². The van der Waals surface area contributed by atoms with E-state index in [1.807, 2.05) is 31.2 Å². The molecule has 1 amide bonds. The number of nitrogens with zero attached hydrogens (tertiary/aromatic N) is 1. The summed E-state index contributed by atoms with van der Waals surface area (Å²) in [5, 5.41) is 5.10. The van der Waals surface area contributed by atoms with E-state index in [-0.39, 0.29) is 16.8 Å². The number of benzene rings is 2. The number of rotatable bonds is 6. The molecule has 2 N–H and O–H groups in total. The Morgan fingerprint density at radius 1 is 1.12 bits per heavy atom. The largest absolute Gasteiger partial charge is 0.335 e. The summed E-state index contributed by atoms with van der Waals surface area (Å²) >= 11 is 0. The molecule has 0 spiro atoms. The lowest BCUT2D eigenvalue weighted by Crippen LogP contribution is -2.28. The van der Waals surface area contributed by atoms with Gasteiger partial charge in [-0.25, -0.2) is 13.6 Å². The molecule has 1 unspecified atom stereocenters. The number of aryl methyl sites for hydroxylation is 1. The van der Waals surface area contributed by atoms with Crippen molar-refractivity contribution < 1.29 is 13.2 Å². The summed E-state index contributed by atoms with van der Waals surface area (Å²) in [6, 6.07) is 14.1. The van der Waals surface area contributed by atoms with Gasteiger partial charge in [0.15, 0.2) is 0 Å². The van der Waals surface area contributed by atoms with Gasteiger partial charge in [-0.3, -0.25) is 4.79 Å². The average molecular weight is 372 g/mol. The van der Waals surface area contributed by atoms with E-state index in [4.69, 9.17) is 5.14 Å². The molecular formula is C20H24N2O3S. The normalized spacial score (nSPS) is 12.9. The Labute approximate surface area is 155 Å². The summed E-state index contributed by atoms with van der Waals surface area (Å²) in [6.07, 6.45) is 4.30. The fourth-order valence-corrected chi connectivity index (χ4v) is 3.02. The third-order valence-electron chi connectivity index (χ3n) is 4.43. The molecule has 0 aliphatic rings. The molecule has 0 aliphatic heterocycles. The minimum Gasteiger partial charge on any atom is -0.335 e. The van der Waals surface area contributed by atoms with Gasteiger partial charge in [-0.05, 0) is 48.2 Å². The lowest BCUT2D eigenvalue weighted by Gasteiger charge is -2.24. The summed E-state index contributed by atoms with van der Waals surface area (Å²) in [4.78, 5) is 14.1. The van der Waals surface area contributed by atoms with Crippen molar-refractivity contribution in [2.75, 3.05) is 7.05 Å². The Bertz CT molecular complexity index is 886. The molecular weight excluding hydrogens is 348 g/mol. The maximum Gasteiger partial charge on any atom is 0.246 e. The molecule has 2 rings (SSSR count). The summed E-state index contributed by atoms with van der Waals surface area (Å²) in [5.74, 6) is -0.132. The number of primary sulfonamides is 1. The Kier molecular flexibility index (Phi) is 6.34. The van der Waals surface area contributed by atoms with Crippen LogP contribution >= 0.6 is 0 Å². The maximum absolute atomic E-state index is 12.4. The number of likely N-dealkylation sites (N-methyl/N-ethyl adjacent to an activating group) is 1. The van der Waals surface area contributed by atoms with Crippen LogP contribution in [-0.2, 0) is 21.2 Å². The van der Waals surface area contributed by atoms with Crippen LogP contribution in [0.5, 0.6) is 0 Å². The van der Waals surface area contributed by atoms with Crippen LogP contribution in [0.25, 0.3) is 6.08 Å². The molecule has 138 valence electrons. The third kappa shape index (κ3) is 5.03. The van der Waals surface area contributed by atoms with Crippen LogP contribution < -0.4 is 5.14 Å². The Hall–Kier alpha value is -2.44. The Morgan fingerprint density at radius 2 is 1.69 bits per heavy atom. The molecule has 0 aromatic heterocycles. The van der Waals surface area contributed by atoms with E-state index in [1.54, 1.807) is 30.2 Å². The molecule has 0 saturated carbocycles. The third-order valence-corrected chi connectivity index (χ3v) is 5.36. The molecule has 1 atom stereocenters. The highest BCUT2D eigenvalue weighted by Gasteiger charge is 2.16. The average Bonchev–Trinajstić information content (AvgIpc) is 2.64. The van der Waals surface area contributed by atoms with Crippen molar-refractivity contribution in [1.82, 2.24) is 4.90 Å². The zero-order valence-electron chi connectivity index (χ0n) is 15.2. The van der Waals surface area contributed by atoms with Crippen LogP contribution in [-0.4, -0.2) is 26.3 Å². The fraction of sp³-hybridized carbons (Fsp3) is 0.250. The first-order valence-corrected chi connectivity index (χ1v) is 9.93. The minimum atomic E-state index is -3.72. The second-order valence-electron chi connectivity index (χ2n) is 6.17. The second kappa shape index (κ2) is 8.29. The van der Waals surface area contributed by atoms with E-state index in [0.717, 1.165) is 17.5 Å². The molecule has 0 aliphatic carbocycles. The van der Waals surface area contributed by atoms with Crippen molar-refractivity contribution in [1.29, 1.82) is 0 Å². The molecule has 2 aromatic carbocycles. The van der Waals surface area contributed by atoms with E-state index < -0.39 is 10.0 Å². The standard InChI is InChI=1S/C20H24N2O3S/c1-4-16-5-7-17(8-6-16)9-14-20(23)22(3)15(2)18-10-12-19(13-11-18)26(21,24)25/h5-15H,4H2,1-3H3,(H2,21,24,25). The van der Waals surface area contributed by atoms with Gasteiger partial charge in [-0.1, -0.05) is 43.3 Å². The maximum atomic E-state index is 12.4. The summed E-state index contributed by atoms with van der Waals surface area (Å²) < 4.78 is 22.6. The van der Waals surface area contributed by atoms with Crippen LogP contribution in [0.3, 0.4) is 0 Å². The van der Waals surface area contributed by atoms with Crippen molar-refractivity contribution in [2.45, 2.75) is 31.2 Å². The van der Waals surface area contributed by atoms with Crippen LogP contribution in [0.15, 0.2) is 59.5 Å². The number of hydrogen-bond acceptors (Lipinski definition) is 3.